The van der Waals surface area contributed by atoms with Gasteiger partial charge in [0.2, 0.25) is 0 Å². The van der Waals surface area contributed by atoms with Crippen molar-refractivity contribution in [2.24, 2.45) is 5.73 Å². The van der Waals surface area contributed by atoms with Gasteiger partial charge in [0.15, 0.2) is 0 Å². The summed E-state index contributed by atoms with van der Waals surface area (Å²) in [5.41, 5.74) is 8.31. The molecule has 1 unspecified atom stereocenters. The summed E-state index contributed by atoms with van der Waals surface area (Å²) in [7, 11) is 0. The second-order valence-corrected chi connectivity index (χ2v) is 7.23. The molecule has 3 rings (SSSR count). The minimum atomic E-state index is 0.235. The maximum Gasteiger partial charge on any atom is 0.0406 e. The third-order valence-electron chi connectivity index (χ3n) is 5.51. The number of piperidine rings is 1. The van der Waals surface area contributed by atoms with E-state index in [0.717, 1.165) is 11.4 Å². The molecule has 1 saturated carbocycles. The number of hydrogen-bond acceptors (Lipinski definition) is 2. The Hall–Kier alpha value is -0.570. The van der Waals surface area contributed by atoms with E-state index in [-0.39, 0.29) is 11.6 Å². The monoisotopic (exact) mass is 306 g/mol. The van der Waals surface area contributed by atoms with E-state index in [9.17, 15) is 0 Å². The van der Waals surface area contributed by atoms with Crippen molar-refractivity contribution < 1.29 is 0 Å². The summed E-state index contributed by atoms with van der Waals surface area (Å²) in [5.74, 6) is 0. The van der Waals surface area contributed by atoms with Crippen molar-refractivity contribution in [1.29, 1.82) is 0 Å². The number of rotatable bonds is 4. The predicted molar refractivity (Wildman–Crippen MR) is 89.8 cm³/mol. The minimum absolute atomic E-state index is 0.235. The molecule has 1 saturated heterocycles. The van der Waals surface area contributed by atoms with E-state index >= 15 is 0 Å². The lowest BCUT2D eigenvalue weighted by Gasteiger charge is -2.47. The molecule has 3 heteroatoms. The lowest BCUT2D eigenvalue weighted by atomic mass is 9.82. The van der Waals surface area contributed by atoms with Crippen molar-refractivity contribution in [1.82, 2.24) is 4.90 Å². The summed E-state index contributed by atoms with van der Waals surface area (Å²) >= 11 is 5.98. The highest BCUT2D eigenvalue weighted by molar-refractivity contribution is 6.30. The van der Waals surface area contributed by atoms with Crippen LogP contribution in [0.2, 0.25) is 5.02 Å². The van der Waals surface area contributed by atoms with Crippen molar-refractivity contribution in [2.75, 3.05) is 13.1 Å². The second-order valence-electron chi connectivity index (χ2n) is 6.80. The average molecular weight is 307 g/mol. The van der Waals surface area contributed by atoms with Crippen LogP contribution in [-0.2, 0) is 6.42 Å². The Morgan fingerprint density at radius 2 is 1.62 bits per heavy atom. The molecule has 2 aliphatic rings. The van der Waals surface area contributed by atoms with Crippen molar-refractivity contribution in [3.05, 3.63) is 34.9 Å². The molecular formula is C18H27ClN2. The molecule has 21 heavy (non-hydrogen) atoms. The van der Waals surface area contributed by atoms with Crippen molar-refractivity contribution in [3.8, 4) is 0 Å². The van der Waals surface area contributed by atoms with Crippen molar-refractivity contribution in [2.45, 2.75) is 62.9 Å². The standard InChI is InChI=1S/C18H27ClN2/c19-16-8-6-15(7-9-16)14-17(20)18(10-2-3-11-18)21-12-4-1-5-13-21/h6-9,17H,1-5,10-14,20H2. The molecule has 1 aromatic rings. The van der Waals surface area contributed by atoms with Gasteiger partial charge < -0.3 is 5.73 Å². The number of halogens is 1. The van der Waals surface area contributed by atoms with Crippen LogP contribution in [0.4, 0.5) is 0 Å². The quantitative estimate of drug-likeness (QED) is 0.910. The Morgan fingerprint density at radius 3 is 2.24 bits per heavy atom. The fourth-order valence-electron chi connectivity index (χ4n) is 4.31. The normalized spacial score (nSPS) is 24.1. The zero-order valence-electron chi connectivity index (χ0n) is 12.9. The van der Waals surface area contributed by atoms with Crippen LogP contribution in [0.5, 0.6) is 0 Å². The Balaban J connectivity index is 1.74. The maximum absolute atomic E-state index is 6.74. The van der Waals surface area contributed by atoms with Gasteiger partial charge in [-0.3, -0.25) is 4.90 Å². The van der Waals surface area contributed by atoms with Crippen LogP contribution in [0.3, 0.4) is 0 Å². The highest BCUT2D eigenvalue weighted by Crippen LogP contribution is 2.39. The maximum atomic E-state index is 6.74. The van der Waals surface area contributed by atoms with Gasteiger partial charge in [-0.1, -0.05) is 43.0 Å². The molecule has 0 radical (unpaired) electrons. The minimum Gasteiger partial charge on any atom is -0.326 e. The topological polar surface area (TPSA) is 29.3 Å². The van der Waals surface area contributed by atoms with Crippen LogP contribution >= 0.6 is 11.6 Å². The summed E-state index contributed by atoms with van der Waals surface area (Å²) in [6.07, 6.45) is 10.3. The first-order valence-corrected chi connectivity index (χ1v) is 8.84. The third kappa shape index (κ3) is 3.28. The zero-order chi connectivity index (χ0) is 14.7. The lowest BCUT2D eigenvalue weighted by Crippen LogP contribution is -2.60. The predicted octanol–water partition coefficient (Wildman–Crippen LogP) is 4.01. The van der Waals surface area contributed by atoms with Crippen LogP contribution < -0.4 is 5.73 Å². The summed E-state index contributed by atoms with van der Waals surface area (Å²) in [4.78, 5) is 2.73. The molecule has 2 N–H and O–H groups in total. The van der Waals surface area contributed by atoms with Crippen LogP contribution in [0.25, 0.3) is 0 Å². The highest BCUT2D eigenvalue weighted by Gasteiger charge is 2.44. The van der Waals surface area contributed by atoms with Gasteiger partial charge in [-0.15, -0.1) is 0 Å². The van der Waals surface area contributed by atoms with Crippen LogP contribution in [-0.4, -0.2) is 29.6 Å². The molecule has 0 spiro atoms. The molecule has 1 aromatic carbocycles. The van der Waals surface area contributed by atoms with E-state index in [0.29, 0.717) is 0 Å². The van der Waals surface area contributed by atoms with Gasteiger partial charge in [-0.2, -0.15) is 0 Å². The van der Waals surface area contributed by atoms with E-state index in [2.05, 4.69) is 17.0 Å². The van der Waals surface area contributed by atoms with Crippen LogP contribution in [0.15, 0.2) is 24.3 Å². The van der Waals surface area contributed by atoms with Gasteiger partial charge in [0.05, 0.1) is 0 Å². The van der Waals surface area contributed by atoms with Crippen LogP contribution in [0, 0.1) is 0 Å². The Bertz CT molecular complexity index is 445. The van der Waals surface area contributed by atoms with Crippen molar-refractivity contribution >= 4 is 11.6 Å². The number of nitrogens with two attached hydrogens (primary N) is 1. The van der Waals surface area contributed by atoms with Gasteiger partial charge in [0.1, 0.15) is 0 Å². The number of nitrogens with zero attached hydrogens (tertiary/aromatic N) is 1. The Morgan fingerprint density at radius 1 is 1.00 bits per heavy atom. The first-order chi connectivity index (χ1) is 10.2. The van der Waals surface area contributed by atoms with Crippen LogP contribution in [0.1, 0.15) is 50.5 Å². The second kappa shape index (κ2) is 6.68. The highest BCUT2D eigenvalue weighted by atomic mass is 35.5. The van der Waals surface area contributed by atoms with E-state index in [1.807, 2.05) is 12.1 Å². The largest absolute Gasteiger partial charge is 0.326 e. The molecule has 1 heterocycles. The van der Waals surface area contributed by atoms with E-state index < -0.39 is 0 Å². The number of benzene rings is 1. The SMILES string of the molecule is NC(Cc1ccc(Cl)cc1)C1(N2CCCCC2)CCCC1. The molecule has 1 atom stereocenters. The molecule has 116 valence electrons. The van der Waals surface area contributed by atoms with Gasteiger partial charge in [-0.05, 0) is 62.9 Å². The molecule has 0 bridgehead atoms. The number of hydrogen-bond donors (Lipinski definition) is 1. The first kappa shape index (κ1) is 15.3. The van der Waals surface area contributed by atoms with E-state index in [1.54, 1.807) is 0 Å². The van der Waals surface area contributed by atoms with Gasteiger partial charge >= 0.3 is 0 Å². The fourth-order valence-corrected chi connectivity index (χ4v) is 4.44. The molecule has 2 nitrogen and oxygen atoms in total. The Labute approximate surface area is 133 Å². The lowest BCUT2D eigenvalue weighted by molar-refractivity contribution is 0.0482. The smallest absolute Gasteiger partial charge is 0.0406 e. The molecule has 2 fully saturated rings. The van der Waals surface area contributed by atoms with Gasteiger partial charge in [0.25, 0.3) is 0 Å². The van der Waals surface area contributed by atoms with E-state index in [4.69, 9.17) is 17.3 Å². The molecule has 0 amide bonds. The molecule has 1 aliphatic carbocycles. The third-order valence-corrected chi connectivity index (χ3v) is 5.77. The van der Waals surface area contributed by atoms with Gasteiger partial charge in [-0.25, -0.2) is 0 Å². The van der Waals surface area contributed by atoms with E-state index in [1.165, 1.54) is 63.6 Å². The summed E-state index contributed by atoms with van der Waals surface area (Å²) in [5, 5.41) is 0.805. The average Bonchev–Trinajstić information content (AvgIpc) is 3.01. The van der Waals surface area contributed by atoms with Gasteiger partial charge in [0, 0.05) is 16.6 Å². The molecular weight excluding hydrogens is 280 g/mol. The summed E-state index contributed by atoms with van der Waals surface area (Å²) in [6.45, 7) is 2.49. The molecule has 1 aliphatic heterocycles. The summed E-state index contributed by atoms with van der Waals surface area (Å²) in [6, 6.07) is 8.44. The number of likely N-dealkylation sites (tertiary alicyclic amines) is 1. The van der Waals surface area contributed by atoms with Crippen molar-refractivity contribution in [3.63, 3.8) is 0 Å². The summed E-state index contributed by atoms with van der Waals surface area (Å²) < 4.78 is 0. The fraction of sp³-hybridized carbons (Fsp3) is 0.667. The molecule has 0 aromatic heterocycles. The Kier molecular flexibility index (Phi) is 4.88. The zero-order valence-corrected chi connectivity index (χ0v) is 13.6. The first-order valence-electron chi connectivity index (χ1n) is 8.46.